The zero-order valence-electron chi connectivity index (χ0n) is 17.4. The molecule has 1 aromatic rings. The number of rotatable bonds is 5. The average Bonchev–Trinajstić information content (AvgIpc) is 2.66. The number of carbonyl (C=O) groups is 1. The van der Waals surface area contributed by atoms with Gasteiger partial charge < -0.3 is 5.32 Å². The summed E-state index contributed by atoms with van der Waals surface area (Å²) in [4.78, 5) is 13.3. The highest BCUT2D eigenvalue weighted by Crippen LogP contribution is 2.55. The van der Waals surface area contributed by atoms with Gasteiger partial charge in [0.25, 0.3) is 0 Å². The summed E-state index contributed by atoms with van der Waals surface area (Å²) < 4.78 is 28.1. The monoisotopic (exact) mass is 450 g/mol. The molecule has 1 heterocycles. The maximum absolute atomic E-state index is 13.3. The van der Waals surface area contributed by atoms with Gasteiger partial charge in [-0.15, -0.1) is 0 Å². The van der Waals surface area contributed by atoms with Crippen molar-refractivity contribution in [1.82, 2.24) is 9.62 Å². The molecule has 6 rings (SSSR count). The van der Waals surface area contributed by atoms with Crippen molar-refractivity contribution >= 4 is 27.5 Å². The molecule has 0 aromatic heterocycles. The summed E-state index contributed by atoms with van der Waals surface area (Å²) in [6.07, 6.45) is 10.1. The number of benzene rings is 1. The van der Waals surface area contributed by atoms with Crippen molar-refractivity contribution in [2.24, 2.45) is 17.8 Å². The fourth-order valence-electron chi connectivity index (χ4n) is 7.08. The second-order valence-corrected chi connectivity index (χ2v) is 12.5. The maximum Gasteiger partial charge on any atom is 0.243 e. The standard InChI is InChI=1S/C23H31ClN2O3S/c24-19-4-3-6-21(11-19)30(28,29)26-7-2-1-5-20(26)12-22(27)25-23-13-16-8-17(14-23)10-18(9-16)15-23/h3-4,6,11,16-18,20H,1-2,5,7-10,12-15H2,(H,25,27). The van der Waals surface area contributed by atoms with E-state index in [9.17, 15) is 13.2 Å². The van der Waals surface area contributed by atoms with E-state index < -0.39 is 10.0 Å². The molecule has 30 heavy (non-hydrogen) atoms. The minimum absolute atomic E-state index is 0.0233. The quantitative estimate of drug-likeness (QED) is 0.724. The van der Waals surface area contributed by atoms with Gasteiger partial charge >= 0.3 is 0 Å². The normalized spacial score (nSPS) is 36.0. The molecule has 164 valence electrons. The molecule has 1 amide bonds. The molecule has 4 saturated carbocycles. The molecule has 0 radical (unpaired) electrons. The molecule has 7 heteroatoms. The predicted molar refractivity (Wildman–Crippen MR) is 117 cm³/mol. The number of nitrogens with one attached hydrogen (secondary N) is 1. The highest BCUT2D eigenvalue weighted by Gasteiger charge is 2.51. The lowest BCUT2D eigenvalue weighted by Crippen LogP contribution is -2.60. The molecule has 1 saturated heterocycles. The fraction of sp³-hybridized carbons (Fsp3) is 0.696. The van der Waals surface area contributed by atoms with E-state index in [-0.39, 0.29) is 28.8 Å². The largest absolute Gasteiger partial charge is 0.351 e. The van der Waals surface area contributed by atoms with Gasteiger partial charge in [0.1, 0.15) is 0 Å². The van der Waals surface area contributed by atoms with Crippen LogP contribution in [0.1, 0.15) is 64.2 Å². The lowest BCUT2D eigenvalue weighted by molar-refractivity contribution is -0.127. The van der Waals surface area contributed by atoms with Crippen LogP contribution in [0.4, 0.5) is 0 Å². The molecule has 5 aliphatic rings. The Morgan fingerprint density at radius 1 is 1.10 bits per heavy atom. The summed E-state index contributed by atoms with van der Waals surface area (Å²) in [5, 5.41) is 3.82. The van der Waals surface area contributed by atoms with Crippen molar-refractivity contribution < 1.29 is 13.2 Å². The lowest BCUT2D eigenvalue weighted by atomic mass is 9.53. The maximum atomic E-state index is 13.3. The molecular weight excluding hydrogens is 420 g/mol. The minimum atomic E-state index is -3.66. The summed E-state index contributed by atoms with van der Waals surface area (Å²) in [5.41, 5.74) is -0.0306. The molecule has 1 aliphatic heterocycles. The lowest BCUT2D eigenvalue weighted by Gasteiger charge is -2.57. The predicted octanol–water partition coefficient (Wildman–Crippen LogP) is 4.36. The first kappa shape index (κ1) is 20.8. The Bertz CT molecular complexity index is 897. The van der Waals surface area contributed by atoms with Crippen LogP contribution in [0.5, 0.6) is 0 Å². The van der Waals surface area contributed by atoms with Crippen molar-refractivity contribution in [3.8, 4) is 0 Å². The third kappa shape index (κ3) is 3.91. The van der Waals surface area contributed by atoms with Crippen molar-refractivity contribution in [1.29, 1.82) is 0 Å². The molecule has 5 fully saturated rings. The van der Waals surface area contributed by atoms with Crippen molar-refractivity contribution in [3.05, 3.63) is 29.3 Å². The van der Waals surface area contributed by atoms with E-state index >= 15 is 0 Å². The average molecular weight is 451 g/mol. The third-order valence-electron chi connectivity index (χ3n) is 7.84. The van der Waals surface area contributed by atoms with Gasteiger partial charge in [-0.05, 0) is 87.3 Å². The van der Waals surface area contributed by atoms with Crippen LogP contribution in [0.2, 0.25) is 5.02 Å². The molecule has 1 unspecified atom stereocenters. The van der Waals surface area contributed by atoms with Gasteiger partial charge in [-0.2, -0.15) is 4.31 Å². The SMILES string of the molecule is O=C(CC1CCCCN1S(=O)(=O)c1cccc(Cl)c1)NC12CC3CC(CC(C3)C1)C2. The number of carbonyl (C=O) groups excluding carboxylic acids is 1. The van der Waals surface area contributed by atoms with E-state index in [4.69, 9.17) is 11.6 Å². The molecule has 4 aliphatic carbocycles. The summed E-state index contributed by atoms with van der Waals surface area (Å²) in [7, 11) is -3.66. The van der Waals surface area contributed by atoms with Crippen LogP contribution in [0.3, 0.4) is 0 Å². The topological polar surface area (TPSA) is 66.5 Å². The summed E-state index contributed by atoms with van der Waals surface area (Å²) in [6.45, 7) is 0.462. The Morgan fingerprint density at radius 3 is 2.40 bits per heavy atom. The van der Waals surface area contributed by atoms with E-state index in [1.165, 1.54) is 25.3 Å². The molecule has 1 atom stereocenters. The Kier molecular flexibility index (Phi) is 5.39. The number of hydrogen-bond acceptors (Lipinski definition) is 3. The van der Waals surface area contributed by atoms with Gasteiger partial charge in [0.05, 0.1) is 4.90 Å². The van der Waals surface area contributed by atoms with Crippen LogP contribution < -0.4 is 5.32 Å². The molecule has 0 spiro atoms. The molecule has 5 nitrogen and oxygen atoms in total. The number of nitrogens with zero attached hydrogens (tertiary/aromatic N) is 1. The minimum Gasteiger partial charge on any atom is -0.351 e. The van der Waals surface area contributed by atoms with Crippen LogP contribution in [-0.2, 0) is 14.8 Å². The number of piperidine rings is 1. The van der Waals surface area contributed by atoms with Gasteiger partial charge in [-0.3, -0.25) is 4.79 Å². The highest BCUT2D eigenvalue weighted by molar-refractivity contribution is 7.89. The van der Waals surface area contributed by atoms with Gasteiger partial charge in [0.15, 0.2) is 0 Å². The number of hydrogen-bond donors (Lipinski definition) is 1. The fourth-order valence-corrected chi connectivity index (χ4v) is 9.08. The molecule has 1 aromatic carbocycles. The van der Waals surface area contributed by atoms with Gasteiger partial charge in [0.2, 0.25) is 15.9 Å². The van der Waals surface area contributed by atoms with Gasteiger partial charge in [-0.25, -0.2) is 8.42 Å². The van der Waals surface area contributed by atoms with Crippen LogP contribution in [0.15, 0.2) is 29.2 Å². The third-order valence-corrected chi connectivity index (χ3v) is 10.0. The highest BCUT2D eigenvalue weighted by atomic mass is 35.5. The first-order chi connectivity index (χ1) is 14.3. The second kappa shape index (κ2) is 7.79. The van der Waals surface area contributed by atoms with Crippen LogP contribution in [-0.4, -0.2) is 36.8 Å². The second-order valence-electron chi connectivity index (χ2n) is 10.2. The zero-order valence-corrected chi connectivity index (χ0v) is 18.9. The Morgan fingerprint density at radius 2 is 1.77 bits per heavy atom. The first-order valence-corrected chi connectivity index (χ1v) is 13.2. The smallest absolute Gasteiger partial charge is 0.243 e. The first-order valence-electron chi connectivity index (χ1n) is 11.4. The van der Waals surface area contributed by atoms with Gasteiger partial charge in [-0.1, -0.05) is 24.1 Å². The van der Waals surface area contributed by atoms with E-state index in [1.54, 1.807) is 22.5 Å². The Labute approximate surface area is 184 Å². The van der Waals surface area contributed by atoms with Crippen molar-refractivity contribution in [2.45, 2.75) is 80.7 Å². The van der Waals surface area contributed by atoms with Crippen molar-refractivity contribution in [2.75, 3.05) is 6.54 Å². The summed E-state index contributed by atoms with van der Waals surface area (Å²) in [6, 6.07) is 6.14. The van der Waals surface area contributed by atoms with Crippen LogP contribution >= 0.6 is 11.6 Å². The molecule has 1 N–H and O–H groups in total. The van der Waals surface area contributed by atoms with E-state index in [0.29, 0.717) is 11.6 Å². The number of sulfonamides is 1. The zero-order chi connectivity index (χ0) is 20.9. The number of halogens is 1. The Hall–Kier alpha value is -1.11. The van der Waals surface area contributed by atoms with E-state index in [1.807, 2.05) is 0 Å². The summed E-state index contributed by atoms with van der Waals surface area (Å²) in [5.74, 6) is 2.33. The van der Waals surface area contributed by atoms with E-state index in [0.717, 1.165) is 56.3 Å². The van der Waals surface area contributed by atoms with Crippen molar-refractivity contribution in [3.63, 3.8) is 0 Å². The van der Waals surface area contributed by atoms with Gasteiger partial charge in [0, 0.05) is 29.6 Å². The van der Waals surface area contributed by atoms with E-state index in [2.05, 4.69) is 5.32 Å². The van der Waals surface area contributed by atoms with Crippen LogP contribution in [0.25, 0.3) is 0 Å². The summed E-state index contributed by atoms with van der Waals surface area (Å²) >= 11 is 6.04. The molecule has 4 bridgehead atoms. The Balaban J connectivity index is 1.30. The van der Waals surface area contributed by atoms with Crippen LogP contribution in [0, 0.1) is 17.8 Å². The number of amides is 1. The molecular formula is C23H31ClN2O3S.